The van der Waals surface area contributed by atoms with Crippen molar-refractivity contribution in [1.29, 1.82) is 0 Å². The van der Waals surface area contributed by atoms with Crippen molar-refractivity contribution in [2.24, 2.45) is 11.3 Å². The third-order valence-corrected chi connectivity index (χ3v) is 3.96. The summed E-state index contributed by atoms with van der Waals surface area (Å²) < 4.78 is 5.33. The molecule has 1 saturated carbocycles. The molecule has 3 heteroatoms. The fourth-order valence-corrected chi connectivity index (χ4v) is 2.86. The molecule has 0 bridgehead atoms. The molecule has 0 aromatic carbocycles. The van der Waals surface area contributed by atoms with Gasteiger partial charge in [-0.25, -0.2) is 0 Å². The number of rotatable bonds is 5. The van der Waals surface area contributed by atoms with Crippen LogP contribution in [0.3, 0.4) is 0 Å². The van der Waals surface area contributed by atoms with Crippen LogP contribution in [0.4, 0.5) is 0 Å². The lowest BCUT2D eigenvalue weighted by Crippen LogP contribution is -2.39. The highest BCUT2D eigenvalue weighted by atomic mass is 16.3. The second kappa shape index (κ2) is 5.02. The van der Waals surface area contributed by atoms with Crippen LogP contribution in [0, 0.1) is 11.3 Å². The van der Waals surface area contributed by atoms with Crippen LogP contribution < -0.4 is 0 Å². The van der Waals surface area contributed by atoms with E-state index in [1.54, 1.807) is 6.26 Å². The van der Waals surface area contributed by atoms with Gasteiger partial charge in [0.1, 0.15) is 5.76 Å². The van der Waals surface area contributed by atoms with Gasteiger partial charge in [0.25, 0.3) is 0 Å². The Bertz CT molecular complexity index is 295. The zero-order chi connectivity index (χ0) is 11.4. The number of aliphatic hydroxyl groups is 2. The van der Waals surface area contributed by atoms with E-state index in [0.717, 1.165) is 18.6 Å². The van der Waals surface area contributed by atoms with E-state index in [0.29, 0.717) is 12.3 Å². The second-order valence-corrected chi connectivity index (χ2v) is 4.92. The highest BCUT2D eigenvalue weighted by molar-refractivity contribution is 5.04. The molecule has 0 saturated heterocycles. The van der Waals surface area contributed by atoms with E-state index in [1.807, 2.05) is 12.1 Å². The normalized spacial score (nSPS) is 18.1. The first-order valence-electron chi connectivity index (χ1n) is 6.05. The number of hydrogen-bond donors (Lipinski definition) is 2. The molecule has 0 unspecified atom stereocenters. The summed E-state index contributed by atoms with van der Waals surface area (Å²) in [6, 6.07) is 3.76. The van der Waals surface area contributed by atoms with Crippen LogP contribution in [0.1, 0.15) is 31.4 Å². The summed E-state index contributed by atoms with van der Waals surface area (Å²) in [6.45, 7) is 0.0731. The second-order valence-electron chi connectivity index (χ2n) is 4.92. The highest BCUT2D eigenvalue weighted by Gasteiger charge is 2.40. The molecule has 1 aliphatic rings. The van der Waals surface area contributed by atoms with E-state index in [4.69, 9.17) is 4.42 Å². The minimum Gasteiger partial charge on any atom is -0.469 e. The van der Waals surface area contributed by atoms with Crippen molar-refractivity contribution in [3.63, 3.8) is 0 Å². The summed E-state index contributed by atoms with van der Waals surface area (Å²) in [5.41, 5.74) is -0.394. The molecule has 0 atom stereocenters. The van der Waals surface area contributed by atoms with Gasteiger partial charge in [-0.3, -0.25) is 0 Å². The van der Waals surface area contributed by atoms with E-state index in [-0.39, 0.29) is 13.2 Å². The van der Waals surface area contributed by atoms with E-state index in [9.17, 15) is 10.2 Å². The van der Waals surface area contributed by atoms with Crippen LogP contribution in [0.2, 0.25) is 0 Å². The van der Waals surface area contributed by atoms with Crippen molar-refractivity contribution in [2.75, 3.05) is 13.2 Å². The number of hydrogen-bond acceptors (Lipinski definition) is 3. The van der Waals surface area contributed by atoms with Gasteiger partial charge in [0.15, 0.2) is 0 Å². The quantitative estimate of drug-likeness (QED) is 0.804. The molecule has 3 nitrogen and oxygen atoms in total. The number of aliphatic hydroxyl groups excluding tert-OH is 2. The molecular weight excluding hydrogens is 204 g/mol. The van der Waals surface area contributed by atoms with Crippen molar-refractivity contribution >= 4 is 0 Å². The molecule has 1 aromatic heterocycles. The van der Waals surface area contributed by atoms with E-state index >= 15 is 0 Å². The minimum atomic E-state index is -0.394. The fourth-order valence-electron chi connectivity index (χ4n) is 2.86. The maximum atomic E-state index is 9.63. The summed E-state index contributed by atoms with van der Waals surface area (Å²) in [5.74, 6) is 1.28. The molecular formula is C13H20O3. The van der Waals surface area contributed by atoms with Gasteiger partial charge in [-0.2, -0.15) is 0 Å². The Kier molecular flexibility index (Phi) is 3.66. The van der Waals surface area contributed by atoms with E-state index in [1.165, 1.54) is 12.8 Å². The fraction of sp³-hybridized carbons (Fsp3) is 0.692. The summed E-state index contributed by atoms with van der Waals surface area (Å²) >= 11 is 0. The lowest BCUT2D eigenvalue weighted by Gasteiger charge is -2.35. The van der Waals surface area contributed by atoms with Crippen molar-refractivity contribution in [2.45, 2.75) is 32.1 Å². The van der Waals surface area contributed by atoms with Gasteiger partial charge in [-0.05, 0) is 30.9 Å². The first-order chi connectivity index (χ1) is 7.80. The Labute approximate surface area is 96.1 Å². The molecule has 0 spiro atoms. The molecule has 2 rings (SSSR count). The third kappa shape index (κ3) is 2.15. The number of furan rings is 1. The van der Waals surface area contributed by atoms with Crippen molar-refractivity contribution in [1.82, 2.24) is 0 Å². The van der Waals surface area contributed by atoms with Crippen LogP contribution in [0.15, 0.2) is 22.8 Å². The molecule has 1 aliphatic carbocycles. The van der Waals surface area contributed by atoms with Gasteiger partial charge >= 0.3 is 0 Å². The monoisotopic (exact) mass is 224 g/mol. The Hall–Kier alpha value is -0.800. The minimum absolute atomic E-state index is 0.0366. The summed E-state index contributed by atoms with van der Waals surface area (Å²) in [7, 11) is 0. The maximum Gasteiger partial charge on any atom is 0.104 e. The summed E-state index contributed by atoms with van der Waals surface area (Å²) in [4.78, 5) is 0. The van der Waals surface area contributed by atoms with Gasteiger partial charge < -0.3 is 14.6 Å². The molecule has 1 heterocycles. The molecule has 0 radical (unpaired) electrons. The topological polar surface area (TPSA) is 53.6 Å². The van der Waals surface area contributed by atoms with Gasteiger partial charge in [-0.15, -0.1) is 0 Å². The smallest absolute Gasteiger partial charge is 0.104 e. The van der Waals surface area contributed by atoms with Gasteiger partial charge in [0.2, 0.25) is 0 Å². The predicted molar refractivity (Wildman–Crippen MR) is 61.0 cm³/mol. The first kappa shape index (κ1) is 11.7. The SMILES string of the molecule is OCC(CO)(Cc1ccco1)C1CCCC1. The highest BCUT2D eigenvalue weighted by Crippen LogP contribution is 2.41. The van der Waals surface area contributed by atoms with Crippen molar-refractivity contribution < 1.29 is 14.6 Å². The van der Waals surface area contributed by atoms with Gasteiger partial charge in [0, 0.05) is 11.8 Å². The zero-order valence-corrected chi connectivity index (χ0v) is 9.56. The van der Waals surface area contributed by atoms with Crippen LogP contribution >= 0.6 is 0 Å². The Balaban J connectivity index is 2.13. The average Bonchev–Trinajstić information content (AvgIpc) is 2.99. The molecule has 1 aromatic rings. The molecule has 0 amide bonds. The molecule has 1 fully saturated rings. The Morgan fingerprint density at radius 1 is 1.25 bits per heavy atom. The molecule has 2 N–H and O–H groups in total. The van der Waals surface area contributed by atoms with Crippen LogP contribution in [-0.2, 0) is 6.42 Å². The van der Waals surface area contributed by atoms with Crippen LogP contribution in [-0.4, -0.2) is 23.4 Å². The maximum absolute atomic E-state index is 9.63. The Morgan fingerprint density at radius 2 is 1.94 bits per heavy atom. The van der Waals surface area contributed by atoms with Gasteiger partial charge in [0.05, 0.1) is 19.5 Å². The van der Waals surface area contributed by atoms with Crippen molar-refractivity contribution in [3.8, 4) is 0 Å². The standard InChI is InChI=1S/C13H20O3/c14-9-13(10-15,11-4-1-2-5-11)8-12-6-3-7-16-12/h3,6-7,11,14-15H,1-2,4-5,8-10H2. The first-order valence-corrected chi connectivity index (χ1v) is 6.05. The van der Waals surface area contributed by atoms with E-state index in [2.05, 4.69) is 0 Å². The molecule has 16 heavy (non-hydrogen) atoms. The third-order valence-electron chi connectivity index (χ3n) is 3.96. The molecule has 0 aliphatic heterocycles. The zero-order valence-electron chi connectivity index (χ0n) is 9.56. The Morgan fingerprint density at radius 3 is 2.44 bits per heavy atom. The van der Waals surface area contributed by atoms with Crippen LogP contribution in [0.25, 0.3) is 0 Å². The lowest BCUT2D eigenvalue weighted by atomic mass is 9.72. The summed E-state index contributed by atoms with van der Waals surface area (Å²) in [6.07, 6.45) is 6.93. The van der Waals surface area contributed by atoms with Crippen LogP contribution in [0.5, 0.6) is 0 Å². The predicted octanol–water partition coefficient (Wildman–Crippen LogP) is 1.98. The lowest BCUT2D eigenvalue weighted by molar-refractivity contribution is 0.00194. The van der Waals surface area contributed by atoms with Gasteiger partial charge in [-0.1, -0.05) is 12.8 Å². The largest absolute Gasteiger partial charge is 0.469 e. The molecule has 90 valence electrons. The summed E-state index contributed by atoms with van der Waals surface area (Å²) in [5, 5.41) is 19.3. The van der Waals surface area contributed by atoms with Crippen molar-refractivity contribution in [3.05, 3.63) is 24.2 Å². The van der Waals surface area contributed by atoms with E-state index < -0.39 is 5.41 Å². The average molecular weight is 224 g/mol.